The molecule has 1 atom stereocenters. The van der Waals surface area contributed by atoms with E-state index in [1.807, 2.05) is 0 Å². The zero-order valence-electron chi connectivity index (χ0n) is 10.9. The molecule has 2 rings (SSSR count). The maximum absolute atomic E-state index is 12.0. The predicted molar refractivity (Wildman–Crippen MR) is 76.7 cm³/mol. The summed E-state index contributed by atoms with van der Waals surface area (Å²) >= 11 is 0. The van der Waals surface area contributed by atoms with E-state index in [2.05, 4.69) is 5.32 Å². The number of nitrogens with two attached hydrogens (primary N) is 1. The molecule has 1 aromatic rings. The molecule has 0 radical (unpaired) electrons. The van der Waals surface area contributed by atoms with Gasteiger partial charge in [-0.2, -0.15) is 0 Å². The van der Waals surface area contributed by atoms with Crippen LogP contribution in [-0.4, -0.2) is 24.3 Å². The molecule has 19 heavy (non-hydrogen) atoms. The Kier molecular flexibility index (Phi) is 5.51. The second-order valence-corrected chi connectivity index (χ2v) is 4.79. The summed E-state index contributed by atoms with van der Waals surface area (Å²) in [7, 11) is 0. The van der Waals surface area contributed by atoms with E-state index in [0.29, 0.717) is 23.6 Å². The minimum absolute atomic E-state index is 0. The molecule has 104 valence electrons. The summed E-state index contributed by atoms with van der Waals surface area (Å²) in [5.74, 6) is 0.419. The van der Waals surface area contributed by atoms with Gasteiger partial charge in [-0.05, 0) is 37.8 Å². The van der Waals surface area contributed by atoms with Crippen LogP contribution in [0, 0.1) is 5.92 Å². The van der Waals surface area contributed by atoms with Crippen molar-refractivity contribution in [3.05, 3.63) is 35.4 Å². The summed E-state index contributed by atoms with van der Waals surface area (Å²) in [5.41, 5.74) is 6.83. The summed E-state index contributed by atoms with van der Waals surface area (Å²) in [5, 5.41) is 2.94. The molecule has 3 N–H and O–H groups in total. The molecule has 0 spiro atoms. The largest absolute Gasteiger partial charge is 0.348 e. The van der Waals surface area contributed by atoms with Crippen LogP contribution in [0.3, 0.4) is 0 Å². The Morgan fingerprint density at radius 1 is 1.26 bits per heavy atom. The number of benzene rings is 1. The zero-order chi connectivity index (χ0) is 13.1. The molecule has 1 fully saturated rings. The number of halogens is 1. The maximum atomic E-state index is 12.0. The number of nitrogens with one attached hydrogen (secondary N) is 1. The Morgan fingerprint density at radius 2 is 1.79 bits per heavy atom. The van der Waals surface area contributed by atoms with Gasteiger partial charge in [-0.25, -0.2) is 0 Å². The highest BCUT2D eigenvalue weighted by molar-refractivity contribution is 5.97. The lowest BCUT2D eigenvalue weighted by molar-refractivity contribution is 0.0932. The van der Waals surface area contributed by atoms with Crippen LogP contribution in [0.1, 0.15) is 40.5 Å². The first-order chi connectivity index (χ1) is 8.61. The number of ketones is 1. The smallest absolute Gasteiger partial charge is 0.251 e. The van der Waals surface area contributed by atoms with E-state index < -0.39 is 0 Å². The lowest BCUT2D eigenvalue weighted by Crippen LogP contribution is -2.41. The predicted octanol–water partition coefficient (Wildman–Crippen LogP) is 1.78. The molecule has 1 aliphatic rings. The molecule has 1 amide bonds. The minimum atomic E-state index is -0.118. The Labute approximate surface area is 119 Å². The quantitative estimate of drug-likeness (QED) is 0.809. The van der Waals surface area contributed by atoms with Gasteiger partial charge in [-0.1, -0.05) is 12.1 Å². The third-order valence-electron chi connectivity index (χ3n) is 3.32. The SMILES string of the molecule is CC(=O)c1ccc(C(=O)NC(CN)C2CC2)cc1.Cl. The molecular weight excluding hydrogens is 264 g/mol. The van der Waals surface area contributed by atoms with Crippen molar-refractivity contribution in [3.63, 3.8) is 0 Å². The van der Waals surface area contributed by atoms with Gasteiger partial charge in [0.05, 0.1) is 0 Å². The van der Waals surface area contributed by atoms with Crippen LogP contribution >= 0.6 is 12.4 Å². The minimum Gasteiger partial charge on any atom is -0.348 e. The number of amides is 1. The van der Waals surface area contributed by atoms with E-state index in [4.69, 9.17) is 5.73 Å². The lowest BCUT2D eigenvalue weighted by Gasteiger charge is -2.16. The third kappa shape index (κ3) is 4.04. The van der Waals surface area contributed by atoms with Gasteiger partial charge in [-0.3, -0.25) is 9.59 Å². The summed E-state index contributed by atoms with van der Waals surface area (Å²) < 4.78 is 0. The van der Waals surface area contributed by atoms with Gasteiger partial charge in [-0.15, -0.1) is 12.4 Å². The van der Waals surface area contributed by atoms with E-state index in [9.17, 15) is 9.59 Å². The Balaban J connectivity index is 0.00000180. The van der Waals surface area contributed by atoms with Crippen LogP contribution in [0.4, 0.5) is 0 Å². The van der Waals surface area contributed by atoms with Crippen molar-refractivity contribution >= 4 is 24.1 Å². The molecule has 1 aliphatic carbocycles. The van der Waals surface area contributed by atoms with Gasteiger partial charge >= 0.3 is 0 Å². The molecule has 4 nitrogen and oxygen atoms in total. The van der Waals surface area contributed by atoms with Gasteiger partial charge in [0.1, 0.15) is 0 Å². The highest BCUT2D eigenvalue weighted by Gasteiger charge is 2.31. The van der Waals surface area contributed by atoms with E-state index in [0.717, 1.165) is 12.8 Å². The van der Waals surface area contributed by atoms with Crippen molar-refractivity contribution in [1.82, 2.24) is 5.32 Å². The second-order valence-electron chi connectivity index (χ2n) is 4.79. The molecule has 1 aromatic carbocycles. The summed E-state index contributed by atoms with van der Waals surface area (Å²) in [6.07, 6.45) is 2.29. The van der Waals surface area contributed by atoms with Crippen molar-refractivity contribution in [2.24, 2.45) is 11.7 Å². The first-order valence-corrected chi connectivity index (χ1v) is 6.23. The Morgan fingerprint density at radius 3 is 2.21 bits per heavy atom. The van der Waals surface area contributed by atoms with E-state index in [1.54, 1.807) is 24.3 Å². The van der Waals surface area contributed by atoms with Crippen molar-refractivity contribution in [2.45, 2.75) is 25.8 Å². The van der Waals surface area contributed by atoms with Crippen molar-refractivity contribution in [2.75, 3.05) is 6.54 Å². The van der Waals surface area contributed by atoms with Gasteiger partial charge in [0.15, 0.2) is 5.78 Å². The number of carbonyl (C=O) groups is 2. The molecule has 0 saturated heterocycles. The van der Waals surface area contributed by atoms with E-state index >= 15 is 0 Å². The van der Waals surface area contributed by atoms with Crippen LogP contribution in [0.15, 0.2) is 24.3 Å². The number of hydrogen-bond donors (Lipinski definition) is 2. The number of carbonyl (C=O) groups excluding carboxylic acids is 2. The lowest BCUT2D eigenvalue weighted by atomic mass is 10.1. The van der Waals surface area contributed by atoms with Gasteiger partial charge in [0.2, 0.25) is 0 Å². The fourth-order valence-corrected chi connectivity index (χ4v) is 1.98. The average Bonchev–Trinajstić information content (AvgIpc) is 3.20. The Bertz CT molecular complexity index is 455. The molecule has 0 aromatic heterocycles. The summed E-state index contributed by atoms with van der Waals surface area (Å²) in [6, 6.07) is 6.77. The summed E-state index contributed by atoms with van der Waals surface area (Å²) in [6.45, 7) is 1.98. The number of rotatable bonds is 5. The third-order valence-corrected chi connectivity index (χ3v) is 3.32. The summed E-state index contributed by atoms with van der Waals surface area (Å²) in [4.78, 5) is 23.1. The molecular formula is C14H19ClN2O2. The van der Waals surface area contributed by atoms with Crippen molar-refractivity contribution in [3.8, 4) is 0 Å². The average molecular weight is 283 g/mol. The van der Waals surface area contributed by atoms with Crippen molar-refractivity contribution in [1.29, 1.82) is 0 Å². The van der Waals surface area contributed by atoms with E-state index in [-0.39, 0.29) is 30.1 Å². The van der Waals surface area contributed by atoms with Crippen LogP contribution in [0.2, 0.25) is 0 Å². The van der Waals surface area contributed by atoms with Gasteiger partial charge < -0.3 is 11.1 Å². The first-order valence-electron chi connectivity index (χ1n) is 6.23. The maximum Gasteiger partial charge on any atom is 0.251 e. The molecule has 0 aliphatic heterocycles. The highest BCUT2D eigenvalue weighted by Crippen LogP contribution is 2.32. The second kappa shape index (κ2) is 6.68. The van der Waals surface area contributed by atoms with Gasteiger partial charge in [0, 0.05) is 23.7 Å². The number of Topliss-reactive ketones (excluding diaryl/α,β-unsaturated/α-hetero) is 1. The molecule has 0 bridgehead atoms. The fourth-order valence-electron chi connectivity index (χ4n) is 1.98. The van der Waals surface area contributed by atoms with Crippen LogP contribution in [0.5, 0.6) is 0 Å². The topological polar surface area (TPSA) is 72.2 Å². The van der Waals surface area contributed by atoms with Crippen LogP contribution in [-0.2, 0) is 0 Å². The van der Waals surface area contributed by atoms with Crippen molar-refractivity contribution < 1.29 is 9.59 Å². The van der Waals surface area contributed by atoms with Gasteiger partial charge in [0.25, 0.3) is 5.91 Å². The first kappa shape index (κ1) is 15.7. The fraction of sp³-hybridized carbons (Fsp3) is 0.429. The highest BCUT2D eigenvalue weighted by atomic mass is 35.5. The number of hydrogen-bond acceptors (Lipinski definition) is 3. The van der Waals surface area contributed by atoms with E-state index in [1.165, 1.54) is 6.92 Å². The molecule has 1 unspecified atom stereocenters. The monoisotopic (exact) mass is 282 g/mol. The molecule has 1 saturated carbocycles. The van der Waals surface area contributed by atoms with Crippen LogP contribution < -0.4 is 11.1 Å². The molecule has 5 heteroatoms. The van der Waals surface area contributed by atoms with Crippen LogP contribution in [0.25, 0.3) is 0 Å². The zero-order valence-corrected chi connectivity index (χ0v) is 11.7. The molecule has 0 heterocycles. The standard InChI is InChI=1S/C14H18N2O2.ClH/c1-9(17)10-2-6-12(7-3-10)14(18)16-13(8-15)11-4-5-11;/h2-3,6-7,11,13H,4-5,8,15H2,1H3,(H,16,18);1H. The normalized spacial score (nSPS) is 15.3. The Hall–Kier alpha value is -1.39.